The number of hydrogen-bond acceptors (Lipinski definition) is 2. The van der Waals surface area contributed by atoms with E-state index in [1.807, 2.05) is 0 Å². The van der Waals surface area contributed by atoms with Gasteiger partial charge in [0.1, 0.15) is 0 Å². The minimum Gasteiger partial charge on any atom is -0.375 e. The van der Waals surface area contributed by atoms with Gasteiger partial charge in [-0.15, -0.1) is 0 Å². The molecular weight excluding hydrogens is 150 g/mol. The third-order valence-corrected chi connectivity index (χ3v) is 3.46. The van der Waals surface area contributed by atoms with E-state index in [0.29, 0.717) is 24.2 Å². The summed E-state index contributed by atoms with van der Waals surface area (Å²) in [6, 6.07) is 0.369. The number of fused-ring (bicyclic) bond motifs is 2. The lowest BCUT2D eigenvalue weighted by molar-refractivity contribution is -0.0394. The van der Waals surface area contributed by atoms with E-state index >= 15 is 0 Å². The normalized spacial score (nSPS) is 43.0. The molecule has 2 aliphatic heterocycles. The molecule has 70 valence electrons. The highest BCUT2D eigenvalue weighted by atomic mass is 16.5. The van der Waals surface area contributed by atoms with Gasteiger partial charge in [0.25, 0.3) is 0 Å². The van der Waals surface area contributed by atoms with E-state index in [9.17, 15) is 0 Å². The second kappa shape index (κ2) is 3.35. The summed E-state index contributed by atoms with van der Waals surface area (Å²) in [5, 5.41) is 0. The summed E-state index contributed by atoms with van der Waals surface area (Å²) in [6.45, 7) is 2.17. The molecule has 2 heterocycles. The van der Waals surface area contributed by atoms with Gasteiger partial charge in [0.2, 0.25) is 0 Å². The van der Waals surface area contributed by atoms with Crippen LogP contribution in [0.2, 0.25) is 0 Å². The van der Waals surface area contributed by atoms with Gasteiger partial charge in [-0.1, -0.05) is 6.92 Å². The topological polar surface area (TPSA) is 35.2 Å². The van der Waals surface area contributed by atoms with E-state index in [1.54, 1.807) is 0 Å². The molecule has 0 radical (unpaired) electrons. The van der Waals surface area contributed by atoms with Crippen molar-refractivity contribution in [3.63, 3.8) is 0 Å². The SMILES string of the molecule is CCC(N)C1CCC2CCC1O2. The quantitative estimate of drug-likeness (QED) is 0.682. The van der Waals surface area contributed by atoms with E-state index in [-0.39, 0.29) is 0 Å². The highest BCUT2D eigenvalue weighted by molar-refractivity contribution is 4.90. The third kappa shape index (κ3) is 1.38. The molecule has 2 heteroatoms. The average molecular weight is 169 g/mol. The summed E-state index contributed by atoms with van der Waals surface area (Å²) in [4.78, 5) is 0. The van der Waals surface area contributed by atoms with E-state index in [1.165, 1.54) is 25.7 Å². The first-order valence-electron chi connectivity index (χ1n) is 5.22. The van der Waals surface area contributed by atoms with Crippen LogP contribution in [-0.2, 0) is 4.74 Å². The second-order valence-electron chi connectivity index (χ2n) is 4.19. The van der Waals surface area contributed by atoms with Crippen molar-refractivity contribution in [2.75, 3.05) is 0 Å². The van der Waals surface area contributed by atoms with E-state index < -0.39 is 0 Å². The summed E-state index contributed by atoms with van der Waals surface area (Å²) < 4.78 is 5.85. The van der Waals surface area contributed by atoms with Gasteiger partial charge in [-0.3, -0.25) is 0 Å². The van der Waals surface area contributed by atoms with Gasteiger partial charge in [0, 0.05) is 12.0 Å². The fourth-order valence-corrected chi connectivity index (χ4v) is 2.62. The van der Waals surface area contributed by atoms with Crippen molar-refractivity contribution >= 4 is 0 Å². The lowest BCUT2D eigenvalue weighted by atomic mass is 9.87. The van der Waals surface area contributed by atoms with Crippen molar-refractivity contribution < 1.29 is 4.74 Å². The molecule has 0 aliphatic carbocycles. The molecule has 4 atom stereocenters. The van der Waals surface area contributed by atoms with Crippen LogP contribution in [-0.4, -0.2) is 18.2 Å². The maximum atomic E-state index is 6.05. The summed E-state index contributed by atoms with van der Waals surface area (Å²) >= 11 is 0. The Labute approximate surface area is 74.5 Å². The van der Waals surface area contributed by atoms with Gasteiger partial charge in [-0.2, -0.15) is 0 Å². The molecule has 2 nitrogen and oxygen atoms in total. The molecule has 2 bridgehead atoms. The minimum atomic E-state index is 0.369. The summed E-state index contributed by atoms with van der Waals surface area (Å²) in [5.74, 6) is 0.647. The maximum absolute atomic E-state index is 6.05. The van der Waals surface area contributed by atoms with E-state index in [4.69, 9.17) is 10.5 Å². The molecule has 0 amide bonds. The van der Waals surface area contributed by atoms with Crippen LogP contribution in [0, 0.1) is 5.92 Å². The predicted octanol–water partition coefficient (Wildman–Crippen LogP) is 1.68. The van der Waals surface area contributed by atoms with Crippen molar-refractivity contribution in [2.45, 2.75) is 57.3 Å². The fourth-order valence-electron chi connectivity index (χ4n) is 2.62. The van der Waals surface area contributed by atoms with Gasteiger partial charge in [0.05, 0.1) is 12.2 Å². The lowest BCUT2D eigenvalue weighted by Crippen LogP contribution is -2.40. The number of ether oxygens (including phenoxy) is 1. The Morgan fingerprint density at radius 1 is 1.33 bits per heavy atom. The zero-order valence-electron chi connectivity index (χ0n) is 7.83. The Morgan fingerprint density at radius 3 is 2.83 bits per heavy atom. The standard InChI is InChI=1S/C10H19NO/c1-2-9(11)8-5-3-7-4-6-10(8)12-7/h7-10H,2-6,11H2,1H3. The zero-order chi connectivity index (χ0) is 8.55. The molecule has 0 aromatic carbocycles. The van der Waals surface area contributed by atoms with E-state index in [2.05, 4.69) is 6.92 Å². The highest BCUT2D eigenvalue weighted by Gasteiger charge is 2.38. The van der Waals surface area contributed by atoms with Crippen LogP contribution < -0.4 is 5.73 Å². The molecule has 0 aromatic rings. The van der Waals surface area contributed by atoms with Crippen molar-refractivity contribution in [2.24, 2.45) is 11.7 Å². The van der Waals surface area contributed by atoms with Gasteiger partial charge in [0.15, 0.2) is 0 Å². The molecular formula is C10H19NO. The summed E-state index contributed by atoms with van der Waals surface area (Å²) in [6.07, 6.45) is 7.24. The first kappa shape index (κ1) is 8.52. The van der Waals surface area contributed by atoms with Gasteiger partial charge in [-0.25, -0.2) is 0 Å². The van der Waals surface area contributed by atoms with Crippen molar-refractivity contribution in [1.82, 2.24) is 0 Å². The molecule has 2 N–H and O–H groups in total. The Hall–Kier alpha value is -0.0800. The van der Waals surface area contributed by atoms with Gasteiger partial charge >= 0.3 is 0 Å². The first-order chi connectivity index (χ1) is 5.81. The molecule has 0 spiro atoms. The number of hydrogen-bond donors (Lipinski definition) is 1. The Morgan fingerprint density at radius 2 is 2.08 bits per heavy atom. The van der Waals surface area contributed by atoms with Crippen LogP contribution in [0.5, 0.6) is 0 Å². The molecule has 0 aromatic heterocycles. The Bertz CT molecular complexity index is 160. The minimum absolute atomic E-state index is 0.369. The monoisotopic (exact) mass is 169 g/mol. The van der Waals surface area contributed by atoms with Crippen LogP contribution >= 0.6 is 0 Å². The second-order valence-corrected chi connectivity index (χ2v) is 4.19. The first-order valence-corrected chi connectivity index (χ1v) is 5.22. The number of rotatable bonds is 2. The van der Waals surface area contributed by atoms with E-state index in [0.717, 1.165) is 6.42 Å². The molecule has 0 saturated carbocycles. The van der Waals surface area contributed by atoms with Crippen LogP contribution in [0.15, 0.2) is 0 Å². The molecule has 2 fully saturated rings. The summed E-state index contributed by atoms with van der Waals surface area (Å²) in [7, 11) is 0. The third-order valence-electron chi connectivity index (χ3n) is 3.46. The van der Waals surface area contributed by atoms with Crippen molar-refractivity contribution in [3.8, 4) is 0 Å². The van der Waals surface area contributed by atoms with Gasteiger partial charge < -0.3 is 10.5 Å². The molecule has 2 rings (SSSR count). The highest BCUT2D eigenvalue weighted by Crippen LogP contribution is 2.37. The average Bonchev–Trinajstić information content (AvgIpc) is 2.47. The van der Waals surface area contributed by atoms with Crippen LogP contribution in [0.4, 0.5) is 0 Å². The van der Waals surface area contributed by atoms with Crippen LogP contribution in [0.3, 0.4) is 0 Å². The Balaban J connectivity index is 1.97. The zero-order valence-corrected chi connectivity index (χ0v) is 7.83. The lowest BCUT2D eigenvalue weighted by Gasteiger charge is -2.33. The number of nitrogens with two attached hydrogens (primary N) is 1. The largest absolute Gasteiger partial charge is 0.375 e. The molecule has 4 unspecified atom stereocenters. The fraction of sp³-hybridized carbons (Fsp3) is 1.00. The van der Waals surface area contributed by atoms with Crippen LogP contribution in [0.1, 0.15) is 39.0 Å². The molecule has 12 heavy (non-hydrogen) atoms. The van der Waals surface area contributed by atoms with Crippen molar-refractivity contribution in [3.05, 3.63) is 0 Å². The molecule has 2 saturated heterocycles. The van der Waals surface area contributed by atoms with Gasteiger partial charge in [-0.05, 0) is 32.1 Å². The molecule has 2 aliphatic rings. The van der Waals surface area contributed by atoms with Crippen LogP contribution in [0.25, 0.3) is 0 Å². The predicted molar refractivity (Wildman–Crippen MR) is 48.9 cm³/mol. The van der Waals surface area contributed by atoms with Crippen molar-refractivity contribution in [1.29, 1.82) is 0 Å². The maximum Gasteiger partial charge on any atom is 0.0622 e. The summed E-state index contributed by atoms with van der Waals surface area (Å²) in [5.41, 5.74) is 6.05. The Kier molecular flexibility index (Phi) is 2.37. The smallest absolute Gasteiger partial charge is 0.0622 e.